The van der Waals surface area contributed by atoms with Gasteiger partial charge in [-0.1, -0.05) is 11.3 Å². The van der Waals surface area contributed by atoms with Crippen LogP contribution in [0.2, 0.25) is 0 Å². The molecule has 35 heavy (non-hydrogen) atoms. The molecule has 2 aromatic heterocycles. The van der Waals surface area contributed by atoms with Gasteiger partial charge < -0.3 is 9.47 Å². The lowest BCUT2D eigenvalue weighted by Gasteiger charge is -2.17. The first kappa shape index (κ1) is 24.5. The van der Waals surface area contributed by atoms with Crippen LogP contribution in [0.15, 0.2) is 35.2 Å². The number of nitrogens with zero attached hydrogens (tertiary/aromatic N) is 6. The maximum absolute atomic E-state index is 13.0. The van der Waals surface area contributed by atoms with Gasteiger partial charge in [0.25, 0.3) is 5.69 Å². The predicted octanol–water partition coefficient (Wildman–Crippen LogP) is 2.93. The Labute approximate surface area is 204 Å². The highest BCUT2D eigenvalue weighted by Gasteiger charge is 2.26. The quantitative estimate of drug-likeness (QED) is 0.254. The van der Waals surface area contributed by atoms with Gasteiger partial charge in [-0.2, -0.15) is 9.61 Å². The molecule has 12 nitrogen and oxygen atoms in total. The molecule has 0 unspecified atom stereocenters. The Morgan fingerprint density at radius 3 is 2.40 bits per heavy atom. The van der Waals surface area contributed by atoms with Gasteiger partial charge in [-0.25, -0.2) is 12.7 Å². The summed E-state index contributed by atoms with van der Waals surface area (Å²) < 4.78 is 39.4. The third-order valence-electron chi connectivity index (χ3n) is 5.37. The fourth-order valence-electron chi connectivity index (χ4n) is 3.53. The van der Waals surface area contributed by atoms with Crippen LogP contribution < -0.4 is 9.47 Å². The molecule has 0 spiro atoms. The topological polar surface area (TPSA) is 142 Å². The second kappa shape index (κ2) is 9.20. The molecular formula is C21H22N6O6S2. The summed E-state index contributed by atoms with van der Waals surface area (Å²) in [4.78, 5) is 11.2. The van der Waals surface area contributed by atoms with Crippen molar-refractivity contribution < 1.29 is 22.8 Å². The maximum Gasteiger partial charge on any atom is 0.272 e. The minimum atomic E-state index is -3.81. The Morgan fingerprint density at radius 2 is 1.80 bits per heavy atom. The number of hydrogen-bond acceptors (Lipinski definition) is 10. The van der Waals surface area contributed by atoms with Gasteiger partial charge in [0.1, 0.15) is 5.01 Å². The molecule has 2 heterocycles. The molecule has 0 fully saturated rings. The Bertz CT molecular complexity index is 1540. The summed E-state index contributed by atoms with van der Waals surface area (Å²) in [5.74, 6) is 1.08. The van der Waals surface area contributed by atoms with Gasteiger partial charge >= 0.3 is 0 Å². The standard InChI is InChI=1S/C21H22N6O6S2/c1-12-8-13(6-7-15(12)27(28)29)20-24-26-19(22-23-21(26)34-20)10-14-9-16(32-4)17(33-5)11-18(14)35(30,31)25(2)3/h6-9,11H,10H2,1-5H3. The number of rotatable bonds is 8. The van der Waals surface area contributed by atoms with Crippen molar-refractivity contribution in [2.24, 2.45) is 0 Å². The van der Waals surface area contributed by atoms with E-state index in [9.17, 15) is 18.5 Å². The largest absolute Gasteiger partial charge is 0.493 e. The second-order valence-corrected chi connectivity index (χ2v) is 10.8. The van der Waals surface area contributed by atoms with Crippen molar-refractivity contribution in [2.75, 3.05) is 28.3 Å². The number of aryl methyl sites for hydroxylation is 1. The lowest BCUT2D eigenvalue weighted by Crippen LogP contribution is -2.23. The summed E-state index contributed by atoms with van der Waals surface area (Å²) in [5.41, 5.74) is 1.69. The Kier molecular flexibility index (Phi) is 6.44. The summed E-state index contributed by atoms with van der Waals surface area (Å²) in [5, 5.41) is 24.7. The van der Waals surface area contributed by atoms with Crippen LogP contribution in [0.4, 0.5) is 5.69 Å². The molecule has 14 heteroatoms. The zero-order chi connectivity index (χ0) is 25.5. The SMILES string of the molecule is COc1cc(Cc2nnc3sc(-c4ccc([N+](=O)[O-])c(C)c4)nn23)c(S(=O)(=O)N(C)C)cc1OC. The van der Waals surface area contributed by atoms with E-state index in [0.717, 1.165) is 4.31 Å². The summed E-state index contributed by atoms with van der Waals surface area (Å²) in [6, 6.07) is 7.79. The van der Waals surface area contributed by atoms with E-state index in [-0.39, 0.29) is 22.8 Å². The minimum Gasteiger partial charge on any atom is -0.493 e. The Balaban J connectivity index is 1.79. The fraction of sp³-hybridized carbons (Fsp3) is 0.286. The first-order valence-corrected chi connectivity index (χ1v) is 12.5. The van der Waals surface area contributed by atoms with Crippen LogP contribution in [-0.2, 0) is 16.4 Å². The van der Waals surface area contributed by atoms with E-state index in [4.69, 9.17) is 9.47 Å². The van der Waals surface area contributed by atoms with Crippen LogP contribution in [0.3, 0.4) is 0 Å². The summed E-state index contributed by atoms with van der Waals surface area (Å²) >= 11 is 1.27. The van der Waals surface area contributed by atoms with E-state index in [0.29, 0.717) is 38.2 Å². The van der Waals surface area contributed by atoms with Crippen molar-refractivity contribution in [3.63, 3.8) is 0 Å². The van der Waals surface area contributed by atoms with Gasteiger partial charge in [0.05, 0.1) is 24.0 Å². The van der Waals surface area contributed by atoms with E-state index in [2.05, 4.69) is 15.3 Å². The van der Waals surface area contributed by atoms with Crippen LogP contribution in [0.1, 0.15) is 17.0 Å². The molecule has 0 saturated carbocycles. The molecule has 0 aliphatic carbocycles. The van der Waals surface area contributed by atoms with Crippen molar-refractivity contribution >= 4 is 32.0 Å². The highest BCUT2D eigenvalue weighted by Crippen LogP contribution is 2.35. The molecule has 0 radical (unpaired) electrons. The molecule has 4 rings (SSSR count). The van der Waals surface area contributed by atoms with Crippen molar-refractivity contribution in [3.8, 4) is 22.1 Å². The molecule has 0 atom stereocenters. The summed E-state index contributed by atoms with van der Waals surface area (Å²) in [6.07, 6.45) is 0.104. The van der Waals surface area contributed by atoms with E-state index >= 15 is 0 Å². The van der Waals surface area contributed by atoms with Gasteiger partial charge in [-0.05, 0) is 30.7 Å². The smallest absolute Gasteiger partial charge is 0.272 e. The zero-order valence-electron chi connectivity index (χ0n) is 19.5. The number of methoxy groups -OCH3 is 2. The highest BCUT2D eigenvalue weighted by atomic mass is 32.2. The van der Waals surface area contributed by atoms with Crippen LogP contribution in [-0.4, -0.2) is 65.8 Å². The minimum absolute atomic E-state index is 0.0283. The van der Waals surface area contributed by atoms with Crippen molar-refractivity contribution in [1.82, 2.24) is 24.1 Å². The Morgan fingerprint density at radius 1 is 1.11 bits per heavy atom. The predicted molar refractivity (Wildman–Crippen MR) is 129 cm³/mol. The normalized spacial score (nSPS) is 11.8. The van der Waals surface area contributed by atoms with Crippen LogP contribution in [0.25, 0.3) is 15.5 Å². The molecule has 0 N–H and O–H groups in total. The third-order valence-corrected chi connectivity index (χ3v) is 8.21. The van der Waals surface area contributed by atoms with Gasteiger partial charge in [0.2, 0.25) is 15.0 Å². The van der Waals surface area contributed by atoms with Gasteiger partial charge in [0.15, 0.2) is 17.3 Å². The first-order valence-electron chi connectivity index (χ1n) is 10.2. The van der Waals surface area contributed by atoms with E-state index in [1.807, 2.05) is 0 Å². The van der Waals surface area contributed by atoms with Gasteiger partial charge in [0, 0.05) is 43.8 Å². The molecule has 184 valence electrons. The summed E-state index contributed by atoms with van der Waals surface area (Å²) in [6.45, 7) is 1.66. The number of ether oxygens (including phenoxy) is 2. The van der Waals surface area contributed by atoms with Gasteiger partial charge in [-0.3, -0.25) is 10.1 Å². The first-order chi connectivity index (χ1) is 16.6. The maximum atomic E-state index is 13.0. The molecular weight excluding hydrogens is 496 g/mol. The van der Waals surface area contributed by atoms with Crippen LogP contribution in [0.5, 0.6) is 11.5 Å². The third kappa shape index (κ3) is 4.42. The fourth-order valence-corrected chi connectivity index (χ4v) is 5.49. The highest BCUT2D eigenvalue weighted by molar-refractivity contribution is 7.89. The number of hydrogen-bond donors (Lipinski definition) is 0. The Hall–Kier alpha value is -3.62. The average Bonchev–Trinajstić information content (AvgIpc) is 3.40. The number of nitro benzene ring substituents is 1. The summed E-state index contributed by atoms with van der Waals surface area (Å²) in [7, 11) is 1.99. The van der Waals surface area contributed by atoms with Crippen molar-refractivity contribution in [2.45, 2.75) is 18.2 Å². The number of sulfonamides is 1. The molecule has 0 bridgehead atoms. The zero-order valence-corrected chi connectivity index (χ0v) is 21.2. The van der Waals surface area contributed by atoms with E-state index in [1.54, 1.807) is 29.6 Å². The molecule has 0 amide bonds. The van der Waals surface area contributed by atoms with Crippen molar-refractivity contribution in [1.29, 1.82) is 0 Å². The number of fused-ring (bicyclic) bond motifs is 1. The van der Waals surface area contributed by atoms with Gasteiger partial charge in [-0.15, -0.1) is 10.2 Å². The van der Waals surface area contributed by atoms with E-state index < -0.39 is 14.9 Å². The second-order valence-electron chi connectivity index (χ2n) is 7.76. The molecule has 2 aromatic carbocycles. The molecule has 0 aliphatic heterocycles. The van der Waals surface area contributed by atoms with Crippen LogP contribution in [0, 0.1) is 17.0 Å². The van der Waals surface area contributed by atoms with Crippen molar-refractivity contribution in [3.05, 3.63) is 57.4 Å². The number of benzene rings is 2. The average molecular weight is 519 g/mol. The number of nitro groups is 1. The molecule has 0 saturated heterocycles. The lowest BCUT2D eigenvalue weighted by atomic mass is 10.1. The van der Waals surface area contributed by atoms with E-state index in [1.165, 1.54) is 51.8 Å². The van der Waals surface area contributed by atoms with Crippen LogP contribution >= 0.6 is 11.3 Å². The monoisotopic (exact) mass is 518 g/mol. The molecule has 4 aromatic rings. The lowest BCUT2D eigenvalue weighted by molar-refractivity contribution is -0.385. The molecule has 0 aliphatic rings. The number of aromatic nitrogens is 4.